The normalized spacial score (nSPS) is 10.9. The van der Waals surface area contributed by atoms with Crippen LogP contribution in [0.4, 0.5) is 11.6 Å². The van der Waals surface area contributed by atoms with E-state index in [1.807, 2.05) is 24.5 Å². The van der Waals surface area contributed by atoms with Gasteiger partial charge in [-0.2, -0.15) is 10.2 Å². The second-order valence-corrected chi connectivity index (χ2v) is 9.84. The minimum Gasteiger partial charge on any atom is -0.316 e. The quantitative estimate of drug-likeness (QED) is 0.225. The Morgan fingerprint density at radius 2 is 1.64 bits per heavy atom. The molecule has 4 rings (SSSR count). The van der Waals surface area contributed by atoms with Gasteiger partial charge in [0.25, 0.3) is 0 Å². The van der Waals surface area contributed by atoms with Crippen LogP contribution in [0.15, 0.2) is 59.3 Å². The van der Waals surface area contributed by atoms with Gasteiger partial charge < -0.3 is 10.6 Å². The maximum atomic E-state index is 6.25. The number of thiocarbonyl (C=S) groups is 1. The van der Waals surface area contributed by atoms with Gasteiger partial charge >= 0.3 is 0 Å². The summed E-state index contributed by atoms with van der Waals surface area (Å²) in [7, 11) is 0. The van der Waals surface area contributed by atoms with E-state index in [0.29, 0.717) is 49.9 Å². The summed E-state index contributed by atoms with van der Waals surface area (Å²) in [5, 5.41) is 17.6. The highest BCUT2D eigenvalue weighted by atomic mass is 79.9. The standard InChI is InChI=1S/C21H15BrCl4N6S/c22-14-11-32(9-12-4-5-17(25)18(26)8-12)30-20(14)28-21(33)27-19-6-7-31(29-19)10-13-15(23)2-1-3-16(13)24/h1-8,11H,9-10H2,(H2,27,28,29,30,33). The van der Waals surface area contributed by atoms with E-state index in [4.69, 9.17) is 58.6 Å². The molecular weight excluding hydrogens is 590 g/mol. The van der Waals surface area contributed by atoms with E-state index < -0.39 is 0 Å². The number of rotatable bonds is 6. The molecule has 2 aromatic carbocycles. The van der Waals surface area contributed by atoms with Gasteiger partial charge in [-0.15, -0.1) is 0 Å². The first-order valence-electron chi connectivity index (χ1n) is 9.49. The number of nitrogens with one attached hydrogen (secondary N) is 2. The molecule has 0 fully saturated rings. The minimum absolute atomic E-state index is 0.344. The van der Waals surface area contributed by atoms with Gasteiger partial charge in [-0.1, -0.05) is 58.5 Å². The maximum Gasteiger partial charge on any atom is 0.177 e. The number of anilines is 2. The SMILES string of the molecule is S=C(Nc1ccn(Cc2c(Cl)cccc2Cl)n1)Nc1nn(Cc2ccc(Cl)c(Cl)c2)cc1Br. The van der Waals surface area contributed by atoms with Crippen LogP contribution in [0.3, 0.4) is 0 Å². The summed E-state index contributed by atoms with van der Waals surface area (Å²) >= 11 is 33.5. The molecule has 0 aliphatic heterocycles. The first kappa shape index (κ1) is 24.3. The average Bonchev–Trinajstić information content (AvgIpc) is 3.33. The largest absolute Gasteiger partial charge is 0.316 e. The van der Waals surface area contributed by atoms with Gasteiger partial charge in [-0.3, -0.25) is 9.36 Å². The van der Waals surface area contributed by atoms with Crippen molar-refractivity contribution in [3.63, 3.8) is 0 Å². The lowest BCUT2D eigenvalue weighted by Gasteiger charge is -2.08. The predicted molar refractivity (Wildman–Crippen MR) is 143 cm³/mol. The van der Waals surface area contributed by atoms with Crippen LogP contribution in [0.2, 0.25) is 20.1 Å². The Morgan fingerprint density at radius 3 is 2.36 bits per heavy atom. The summed E-state index contributed by atoms with van der Waals surface area (Å²) in [4.78, 5) is 0. The van der Waals surface area contributed by atoms with Crippen LogP contribution < -0.4 is 10.6 Å². The van der Waals surface area contributed by atoms with Crippen molar-refractivity contribution in [3.8, 4) is 0 Å². The molecule has 2 aromatic heterocycles. The predicted octanol–water partition coefficient (Wildman–Crippen LogP) is 7.36. The number of aromatic nitrogens is 4. The van der Waals surface area contributed by atoms with Gasteiger partial charge in [0.1, 0.15) is 0 Å². The van der Waals surface area contributed by atoms with Gasteiger partial charge in [0.2, 0.25) is 0 Å². The van der Waals surface area contributed by atoms with E-state index in [0.717, 1.165) is 15.6 Å². The molecule has 0 aliphatic rings. The van der Waals surface area contributed by atoms with Crippen molar-refractivity contribution in [2.75, 3.05) is 10.6 Å². The molecule has 6 nitrogen and oxygen atoms in total. The molecule has 33 heavy (non-hydrogen) atoms. The molecule has 0 bridgehead atoms. The third-order valence-electron chi connectivity index (χ3n) is 4.54. The number of benzene rings is 2. The Morgan fingerprint density at radius 1 is 0.879 bits per heavy atom. The molecule has 0 saturated heterocycles. The minimum atomic E-state index is 0.344. The van der Waals surface area contributed by atoms with Crippen LogP contribution >= 0.6 is 74.6 Å². The molecule has 12 heteroatoms. The van der Waals surface area contributed by atoms with Gasteiger partial charge in [-0.05, 0) is 58.0 Å². The molecule has 0 unspecified atom stereocenters. The van der Waals surface area contributed by atoms with Crippen molar-refractivity contribution in [3.05, 3.63) is 90.5 Å². The third-order valence-corrected chi connectivity index (χ3v) is 6.77. The summed E-state index contributed by atoms with van der Waals surface area (Å²) in [6.07, 6.45) is 3.65. The highest BCUT2D eigenvalue weighted by molar-refractivity contribution is 9.10. The summed E-state index contributed by atoms with van der Waals surface area (Å²) in [5.74, 6) is 1.14. The molecule has 4 aromatic rings. The van der Waals surface area contributed by atoms with Crippen molar-refractivity contribution in [2.45, 2.75) is 13.1 Å². The van der Waals surface area contributed by atoms with E-state index in [2.05, 4.69) is 36.8 Å². The number of hydrogen-bond acceptors (Lipinski definition) is 3. The fourth-order valence-corrected chi connectivity index (χ4v) is 4.46. The Kier molecular flexibility index (Phi) is 7.83. The highest BCUT2D eigenvalue weighted by Crippen LogP contribution is 2.26. The summed E-state index contributed by atoms with van der Waals surface area (Å²) in [6, 6.07) is 12.7. The molecule has 0 amide bonds. The van der Waals surface area contributed by atoms with Crippen molar-refractivity contribution in [1.29, 1.82) is 0 Å². The third kappa shape index (κ3) is 6.20. The summed E-state index contributed by atoms with van der Waals surface area (Å²) in [5.41, 5.74) is 1.77. The fourth-order valence-electron chi connectivity index (χ4n) is 3.00. The fraction of sp³-hybridized carbons (Fsp3) is 0.0952. The van der Waals surface area contributed by atoms with E-state index >= 15 is 0 Å². The number of halogens is 5. The second kappa shape index (κ2) is 10.6. The highest BCUT2D eigenvalue weighted by Gasteiger charge is 2.11. The van der Waals surface area contributed by atoms with Crippen molar-refractivity contribution in [2.24, 2.45) is 0 Å². The second-order valence-electron chi connectivity index (χ2n) is 6.95. The lowest BCUT2D eigenvalue weighted by atomic mass is 10.2. The summed E-state index contributed by atoms with van der Waals surface area (Å²) < 4.78 is 4.24. The molecule has 2 heterocycles. The van der Waals surface area contributed by atoms with Crippen LogP contribution in [-0.2, 0) is 13.1 Å². The number of hydrogen-bond donors (Lipinski definition) is 2. The van der Waals surface area contributed by atoms with Gasteiger partial charge in [-0.25, -0.2) is 0 Å². The lowest BCUT2D eigenvalue weighted by molar-refractivity contribution is 0.689. The van der Waals surface area contributed by atoms with E-state index in [1.165, 1.54) is 0 Å². The number of nitrogens with zero attached hydrogens (tertiary/aromatic N) is 4. The molecule has 2 N–H and O–H groups in total. The maximum absolute atomic E-state index is 6.25. The monoisotopic (exact) mass is 602 g/mol. The van der Waals surface area contributed by atoms with Crippen LogP contribution in [0.25, 0.3) is 0 Å². The molecule has 0 radical (unpaired) electrons. The molecular formula is C21H15BrCl4N6S. The zero-order valence-corrected chi connectivity index (χ0v) is 22.1. The Balaban J connectivity index is 1.38. The van der Waals surface area contributed by atoms with E-state index in [-0.39, 0.29) is 0 Å². The molecule has 170 valence electrons. The molecule has 0 aliphatic carbocycles. The Hall–Kier alpha value is -1.81. The Bertz CT molecular complexity index is 1300. The van der Waals surface area contributed by atoms with Crippen molar-refractivity contribution in [1.82, 2.24) is 19.6 Å². The van der Waals surface area contributed by atoms with Gasteiger partial charge in [0, 0.05) is 34.1 Å². The van der Waals surface area contributed by atoms with Crippen LogP contribution in [-0.4, -0.2) is 24.7 Å². The first-order valence-corrected chi connectivity index (χ1v) is 12.2. The summed E-state index contributed by atoms with van der Waals surface area (Å²) in [6.45, 7) is 0.956. The molecule has 0 saturated carbocycles. The van der Waals surface area contributed by atoms with Crippen molar-refractivity contribution < 1.29 is 0 Å². The smallest absolute Gasteiger partial charge is 0.177 e. The van der Waals surface area contributed by atoms with Crippen molar-refractivity contribution >= 4 is 91.3 Å². The first-order chi connectivity index (χ1) is 15.8. The lowest BCUT2D eigenvalue weighted by Crippen LogP contribution is -2.20. The molecule has 0 atom stereocenters. The van der Waals surface area contributed by atoms with E-state index in [1.54, 1.807) is 39.7 Å². The van der Waals surface area contributed by atoms with Crippen LogP contribution in [0.1, 0.15) is 11.1 Å². The van der Waals surface area contributed by atoms with Gasteiger partial charge in [0.05, 0.1) is 27.6 Å². The molecule has 0 spiro atoms. The van der Waals surface area contributed by atoms with Crippen LogP contribution in [0.5, 0.6) is 0 Å². The van der Waals surface area contributed by atoms with E-state index in [9.17, 15) is 0 Å². The van der Waals surface area contributed by atoms with Crippen LogP contribution in [0, 0.1) is 0 Å². The zero-order valence-electron chi connectivity index (χ0n) is 16.7. The topological polar surface area (TPSA) is 59.7 Å². The Labute approximate surface area is 223 Å². The average molecular weight is 605 g/mol. The van der Waals surface area contributed by atoms with Gasteiger partial charge in [0.15, 0.2) is 16.7 Å². The zero-order chi connectivity index (χ0) is 23.5.